The third-order valence-corrected chi connectivity index (χ3v) is 4.18. The maximum absolute atomic E-state index is 12.2. The molecule has 0 atom stereocenters. The van der Waals surface area contributed by atoms with E-state index in [2.05, 4.69) is 4.74 Å². The van der Waals surface area contributed by atoms with Crippen LogP contribution in [0.1, 0.15) is 45.1 Å². The van der Waals surface area contributed by atoms with Crippen molar-refractivity contribution in [3.05, 3.63) is 58.0 Å². The molecule has 0 aliphatic rings. The lowest BCUT2D eigenvalue weighted by Crippen LogP contribution is -2.26. The summed E-state index contributed by atoms with van der Waals surface area (Å²) in [5.41, 5.74) is 0.857. The summed E-state index contributed by atoms with van der Waals surface area (Å²) in [6, 6.07) is 8.11. The van der Waals surface area contributed by atoms with Crippen molar-refractivity contribution in [1.29, 1.82) is 0 Å². The standard InChI is InChI=1S/C19H20ClNO5/c1-12-16(19(24)25-3)10-15(26-12)11-21(2)18(23)9-8-17(22)13-4-6-14(20)7-5-13/h4-7,10H,8-9,11H2,1-3H3. The van der Waals surface area contributed by atoms with E-state index in [1.54, 1.807) is 44.3 Å². The molecule has 1 aromatic heterocycles. The monoisotopic (exact) mass is 377 g/mol. The van der Waals surface area contributed by atoms with E-state index in [1.165, 1.54) is 12.0 Å². The van der Waals surface area contributed by atoms with Gasteiger partial charge < -0.3 is 14.1 Å². The van der Waals surface area contributed by atoms with Crippen LogP contribution in [-0.2, 0) is 16.1 Å². The van der Waals surface area contributed by atoms with Crippen molar-refractivity contribution in [1.82, 2.24) is 4.90 Å². The summed E-state index contributed by atoms with van der Waals surface area (Å²) in [5.74, 6) is 0.111. The number of Topliss-reactive ketones (excluding diaryl/α,β-unsaturated/α-hetero) is 1. The highest BCUT2D eigenvalue weighted by atomic mass is 35.5. The number of methoxy groups -OCH3 is 1. The summed E-state index contributed by atoms with van der Waals surface area (Å²) in [7, 11) is 2.91. The molecule has 0 unspecified atom stereocenters. The van der Waals surface area contributed by atoms with Crippen molar-refractivity contribution in [2.24, 2.45) is 0 Å². The zero-order valence-corrected chi connectivity index (χ0v) is 15.6. The number of halogens is 1. The number of rotatable bonds is 7. The van der Waals surface area contributed by atoms with E-state index in [-0.39, 0.29) is 31.1 Å². The van der Waals surface area contributed by atoms with Gasteiger partial charge in [0, 0.05) is 30.5 Å². The number of hydrogen-bond acceptors (Lipinski definition) is 5. The highest BCUT2D eigenvalue weighted by Crippen LogP contribution is 2.18. The van der Waals surface area contributed by atoms with Gasteiger partial charge in [0.05, 0.1) is 13.7 Å². The molecule has 0 radical (unpaired) electrons. The molecule has 0 bridgehead atoms. The van der Waals surface area contributed by atoms with Crippen molar-refractivity contribution in [2.75, 3.05) is 14.2 Å². The molecular formula is C19H20ClNO5. The summed E-state index contributed by atoms with van der Waals surface area (Å²) in [6.45, 7) is 1.86. The highest BCUT2D eigenvalue weighted by Gasteiger charge is 2.18. The molecule has 0 spiro atoms. The Bertz CT molecular complexity index is 810. The summed E-state index contributed by atoms with van der Waals surface area (Å²) < 4.78 is 10.2. The number of benzene rings is 1. The first-order valence-electron chi connectivity index (χ1n) is 8.02. The fraction of sp³-hybridized carbons (Fsp3) is 0.316. The van der Waals surface area contributed by atoms with E-state index in [1.807, 2.05) is 0 Å². The van der Waals surface area contributed by atoms with E-state index in [4.69, 9.17) is 16.0 Å². The molecule has 2 rings (SSSR count). The highest BCUT2D eigenvalue weighted by molar-refractivity contribution is 6.30. The number of ether oxygens (including phenoxy) is 1. The van der Waals surface area contributed by atoms with Gasteiger partial charge in [0.2, 0.25) is 5.91 Å². The van der Waals surface area contributed by atoms with Crippen LogP contribution in [0.4, 0.5) is 0 Å². The Morgan fingerprint density at radius 3 is 2.42 bits per heavy atom. The summed E-state index contributed by atoms with van der Waals surface area (Å²) in [4.78, 5) is 37.4. The van der Waals surface area contributed by atoms with Gasteiger partial charge in [-0.25, -0.2) is 4.79 Å². The maximum Gasteiger partial charge on any atom is 0.341 e. The fourth-order valence-electron chi connectivity index (χ4n) is 2.45. The van der Waals surface area contributed by atoms with Gasteiger partial charge in [0.1, 0.15) is 17.1 Å². The minimum absolute atomic E-state index is 0.0848. The second kappa shape index (κ2) is 8.67. The largest absolute Gasteiger partial charge is 0.465 e. The summed E-state index contributed by atoms with van der Waals surface area (Å²) in [5, 5.41) is 0.553. The topological polar surface area (TPSA) is 76.8 Å². The normalized spacial score (nSPS) is 10.5. The third kappa shape index (κ3) is 4.95. The van der Waals surface area contributed by atoms with Gasteiger partial charge in [-0.2, -0.15) is 0 Å². The number of ketones is 1. The number of carbonyl (C=O) groups excluding carboxylic acids is 3. The van der Waals surface area contributed by atoms with Gasteiger partial charge in [-0.3, -0.25) is 9.59 Å². The number of amides is 1. The molecule has 2 aromatic rings. The number of nitrogens with zero attached hydrogens (tertiary/aromatic N) is 1. The fourth-order valence-corrected chi connectivity index (χ4v) is 2.57. The molecule has 6 nitrogen and oxygen atoms in total. The second-order valence-electron chi connectivity index (χ2n) is 5.85. The minimum Gasteiger partial charge on any atom is -0.465 e. The zero-order valence-electron chi connectivity index (χ0n) is 14.9. The molecule has 7 heteroatoms. The smallest absolute Gasteiger partial charge is 0.341 e. The van der Waals surface area contributed by atoms with Crippen molar-refractivity contribution >= 4 is 29.3 Å². The first-order chi connectivity index (χ1) is 12.3. The molecule has 1 amide bonds. The van der Waals surface area contributed by atoms with Crippen LogP contribution < -0.4 is 0 Å². The average Bonchev–Trinajstić information content (AvgIpc) is 2.99. The summed E-state index contributed by atoms with van der Waals surface area (Å²) >= 11 is 5.79. The Morgan fingerprint density at radius 1 is 1.15 bits per heavy atom. The lowest BCUT2D eigenvalue weighted by atomic mass is 10.1. The predicted molar refractivity (Wildman–Crippen MR) is 96.3 cm³/mol. The van der Waals surface area contributed by atoms with E-state index in [0.29, 0.717) is 27.7 Å². The number of esters is 1. The molecule has 0 aliphatic heterocycles. The van der Waals surface area contributed by atoms with Crippen LogP contribution in [0.25, 0.3) is 0 Å². The maximum atomic E-state index is 12.2. The number of carbonyl (C=O) groups is 3. The van der Waals surface area contributed by atoms with Crippen molar-refractivity contribution in [3.63, 3.8) is 0 Å². The SMILES string of the molecule is COC(=O)c1cc(CN(C)C(=O)CCC(=O)c2ccc(Cl)cc2)oc1C. The number of hydrogen-bond donors (Lipinski definition) is 0. The van der Waals surface area contributed by atoms with E-state index >= 15 is 0 Å². The van der Waals surface area contributed by atoms with Crippen LogP contribution in [0, 0.1) is 6.92 Å². The van der Waals surface area contributed by atoms with Gasteiger partial charge in [-0.1, -0.05) is 11.6 Å². The molecule has 0 N–H and O–H groups in total. The zero-order chi connectivity index (χ0) is 19.3. The second-order valence-corrected chi connectivity index (χ2v) is 6.29. The molecule has 138 valence electrons. The van der Waals surface area contributed by atoms with Crippen molar-refractivity contribution in [2.45, 2.75) is 26.3 Å². The van der Waals surface area contributed by atoms with Crippen molar-refractivity contribution < 1.29 is 23.5 Å². The van der Waals surface area contributed by atoms with Crippen LogP contribution in [0.2, 0.25) is 5.02 Å². The van der Waals surface area contributed by atoms with Gasteiger partial charge in [0.25, 0.3) is 0 Å². The van der Waals surface area contributed by atoms with Gasteiger partial charge in [-0.15, -0.1) is 0 Å². The summed E-state index contributed by atoms with van der Waals surface area (Å²) in [6.07, 6.45) is 0.191. The molecule has 0 fully saturated rings. The quantitative estimate of drug-likeness (QED) is 0.543. The van der Waals surface area contributed by atoms with Gasteiger partial charge in [0.15, 0.2) is 5.78 Å². The van der Waals surface area contributed by atoms with Gasteiger partial charge in [-0.05, 0) is 37.3 Å². The van der Waals surface area contributed by atoms with Crippen LogP contribution in [0.15, 0.2) is 34.7 Å². The lowest BCUT2D eigenvalue weighted by Gasteiger charge is -2.15. The van der Waals surface area contributed by atoms with Crippen molar-refractivity contribution in [3.8, 4) is 0 Å². The molecule has 0 saturated carbocycles. The Hall–Kier alpha value is -2.60. The first-order valence-corrected chi connectivity index (χ1v) is 8.40. The van der Waals surface area contributed by atoms with Crippen LogP contribution in [0.3, 0.4) is 0 Å². The third-order valence-electron chi connectivity index (χ3n) is 3.93. The van der Waals surface area contributed by atoms with Crippen LogP contribution in [-0.4, -0.2) is 36.7 Å². The number of aryl methyl sites for hydroxylation is 1. The molecule has 0 saturated heterocycles. The van der Waals surface area contributed by atoms with E-state index in [0.717, 1.165) is 0 Å². The molecule has 1 heterocycles. The molecule has 1 aromatic carbocycles. The molecule has 26 heavy (non-hydrogen) atoms. The predicted octanol–water partition coefficient (Wildman–Crippen LogP) is 3.65. The Morgan fingerprint density at radius 2 is 1.81 bits per heavy atom. The number of furan rings is 1. The lowest BCUT2D eigenvalue weighted by molar-refractivity contribution is -0.130. The van der Waals surface area contributed by atoms with E-state index < -0.39 is 5.97 Å². The average molecular weight is 378 g/mol. The van der Waals surface area contributed by atoms with E-state index in [9.17, 15) is 14.4 Å². The minimum atomic E-state index is -0.486. The Balaban J connectivity index is 1.90. The van der Waals surface area contributed by atoms with Crippen LogP contribution in [0.5, 0.6) is 0 Å². The van der Waals surface area contributed by atoms with Crippen LogP contribution >= 0.6 is 11.6 Å². The molecular weight excluding hydrogens is 358 g/mol. The Labute approximate surface area is 156 Å². The Kier molecular flexibility index (Phi) is 6.58. The molecule has 0 aliphatic carbocycles. The first kappa shape index (κ1) is 19.7. The van der Waals surface area contributed by atoms with Gasteiger partial charge >= 0.3 is 5.97 Å².